The lowest BCUT2D eigenvalue weighted by Gasteiger charge is -2.20. The van der Waals surface area contributed by atoms with Gasteiger partial charge in [0.05, 0.1) is 6.54 Å². The zero-order chi connectivity index (χ0) is 19.6. The van der Waals surface area contributed by atoms with Crippen LogP contribution in [0.1, 0.15) is 19.8 Å². The topological polar surface area (TPSA) is 69.2 Å². The van der Waals surface area contributed by atoms with Gasteiger partial charge in [-0.3, -0.25) is 9.69 Å². The molecule has 7 nitrogen and oxygen atoms in total. The van der Waals surface area contributed by atoms with E-state index in [-0.39, 0.29) is 18.5 Å². The normalized spacial score (nSPS) is 18.8. The van der Waals surface area contributed by atoms with Gasteiger partial charge < -0.3 is 20.3 Å². The van der Waals surface area contributed by atoms with Gasteiger partial charge in [-0.1, -0.05) is 0 Å². The molecule has 0 spiro atoms. The summed E-state index contributed by atoms with van der Waals surface area (Å²) in [6.45, 7) is 3.52. The molecule has 1 saturated heterocycles. The molecule has 2 N–H and O–H groups in total. The van der Waals surface area contributed by atoms with Gasteiger partial charge >= 0.3 is 6.18 Å². The Hall–Kier alpha value is -1.55. The highest BCUT2D eigenvalue weighted by Gasteiger charge is 2.34. The summed E-state index contributed by atoms with van der Waals surface area (Å²) < 4.78 is 42.8. The van der Waals surface area contributed by atoms with Gasteiger partial charge in [-0.05, 0) is 19.8 Å². The van der Waals surface area contributed by atoms with Gasteiger partial charge in [0.2, 0.25) is 5.91 Å². The lowest BCUT2D eigenvalue weighted by molar-refractivity contribution is -0.143. The molecule has 1 heterocycles. The maximum atomic E-state index is 12.5. The molecule has 0 radical (unpaired) electrons. The number of nitrogens with one attached hydrogen (secondary N) is 2. The van der Waals surface area contributed by atoms with E-state index < -0.39 is 12.7 Å². The van der Waals surface area contributed by atoms with Gasteiger partial charge in [-0.15, -0.1) is 0 Å². The number of amides is 1. The number of carbonyl (C=O) groups excluding carboxylic acids is 1. The Morgan fingerprint density at radius 1 is 1.38 bits per heavy atom. The van der Waals surface area contributed by atoms with Gasteiger partial charge in [0.25, 0.3) is 0 Å². The van der Waals surface area contributed by atoms with Crippen molar-refractivity contribution in [2.75, 3.05) is 60.0 Å². The minimum Gasteiger partial charge on any atom is -0.382 e. The lowest BCUT2D eigenvalue weighted by Crippen LogP contribution is -2.46. The second-order valence-corrected chi connectivity index (χ2v) is 6.41. The van der Waals surface area contributed by atoms with E-state index in [0.29, 0.717) is 45.2 Å². The Labute approximate surface area is 152 Å². The zero-order valence-electron chi connectivity index (χ0n) is 15.7. The summed E-state index contributed by atoms with van der Waals surface area (Å²) in [5.74, 6) is 0.293. The number of rotatable bonds is 9. The highest BCUT2D eigenvalue weighted by Crippen LogP contribution is 2.19. The number of nitrogens with zero attached hydrogens (tertiary/aromatic N) is 3. The van der Waals surface area contributed by atoms with Crippen molar-refractivity contribution in [3.8, 4) is 0 Å². The smallest absolute Gasteiger partial charge is 0.382 e. The standard InChI is InChI=1S/C16H30F3N5O2/c1-4-26-9-5-7-20-15(21-10-14(25)23(2)3)22-13-6-8-24(11-13)12-16(17,18)19/h13H,4-12H2,1-3H3,(H2,20,21,22). The van der Waals surface area contributed by atoms with E-state index in [9.17, 15) is 18.0 Å². The number of hydrogen-bond acceptors (Lipinski definition) is 4. The van der Waals surface area contributed by atoms with Gasteiger partial charge in [0.1, 0.15) is 6.54 Å². The fraction of sp³-hybridized carbons (Fsp3) is 0.875. The summed E-state index contributed by atoms with van der Waals surface area (Å²) in [5.41, 5.74) is 0. The number of likely N-dealkylation sites (tertiary alicyclic amines) is 1. The first-order valence-corrected chi connectivity index (χ1v) is 8.83. The zero-order valence-corrected chi connectivity index (χ0v) is 15.7. The van der Waals surface area contributed by atoms with Crippen LogP contribution in [-0.4, -0.2) is 93.9 Å². The molecule has 0 aromatic heterocycles. The molecule has 0 bridgehead atoms. The van der Waals surface area contributed by atoms with Crippen LogP contribution in [0.3, 0.4) is 0 Å². The van der Waals surface area contributed by atoms with E-state index in [1.807, 2.05) is 6.92 Å². The first-order valence-electron chi connectivity index (χ1n) is 8.83. The van der Waals surface area contributed by atoms with Crippen LogP contribution in [0, 0.1) is 0 Å². The Morgan fingerprint density at radius 3 is 2.73 bits per heavy atom. The molecule has 0 aromatic rings. The van der Waals surface area contributed by atoms with Crippen LogP contribution in [-0.2, 0) is 9.53 Å². The SMILES string of the molecule is CCOCCCNC(=NCC(=O)N(C)C)NC1CCN(CC(F)(F)F)C1. The molecule has 0 aromatic carbocycles. The largest absolute Gasteiger partial charge is 0.401 e. The van der Waals surface area contributed by atoms with Gasteiger partial charge in [-0.2, -0.15) is 13.2 Å². The minimum absolute atomic E-state index is 0.0211. The summed E-state index contributed by atoms with van der Waals surface area (Å²) in [7, 11) is 3.29. The third-order valence-electron chi connectivity index (χ3n) is 3.85. The quantitative estimate of drug-likeness (QED) is 0.349. The van der Waals surface area contributed by atoms with Crippen LogP contribution in [0.15, 0.2) is 4.99 Å². The maximum Gasteiger partial charge on any atom is 0.401 e. The van der Waals surface area contributed by atoms with E-state index >= 15 is 0 Å². The molecule has 1 aliphatic heterocycles. The van der Waals surface area contributed by atoms with E-state index in [0.717, 1.165) is 6.42 Å². The molecule has 10 heteroatoms. The van der Waals surface area contributed by atoms with Crippen molar-refractivity contribution in [3.63, 3.8) is 0 Å². The molecule has 0 saturated carbocycles. The molecule has 152 valence electrons. The molecule has 1 fully saturated rings. The highest BCUT2D eigenvalue weighted by atomic mass is 19.4. The average molecular weight is 381 g/mol. The summed E-state index contributed by atoms with van der Waals surface area (Å²) in [4.78, 5) is 18.8. The average Bonchev–Trinajstić information content (AvgIpc) is 2.96. The van der Waals surface area contributed by atoms with Crippen molar-refractivity contribution in [1.82, 2.24) is 20.4 Å². The van der Waals surface area contributed by atoms with Crippen LogP contribution >= 0.6 is 0 Å². The molecule has 1 unspecified atom stereocenters. The Morgan fingerprint density at radius 2 is 2.12 bits per heavy atom. The number of halogens is 3. The second-order valence-electron chi connectivity index (χ2n) is 6.41. The fourth-order valence-electron chi connectivity index (χ4n) is 2.51. The number of alkyl halides is 3. The number of likely N-dealkylation sites (N-methyl/N-ethyl adjacent to an activating group) is 1. The second kappa shape index (κ2) is 11.2. The molecule has 1 rings (SSSR count). The van der Waals surface area contributed by atoms with Crippen molar-refractivity contribution in [2.45, 2.75) is 32.0 Å². The van der Waals surface area contributed by atoms with Crippen molar-refractivity contribution >= 4 is 11.9 Å². The van der Waals surface area contributed by atoms with Crippen LogP contribution in [0.4, 0.5) is 13.2 Å². The summed E-state index contributed by atoms with van der Waals surface area (Å²) in [6.07, 6.45) is -2.83. The Kier molecular flexibility index (Phi) is 9.71. The molecule has 0 aliphatic carbocycles. The number of ether oxygens (including phenoxy) is 1. The molecule has 1 atom stereocenters. The minimum atomic E-state index is -4.19. The predicted molar refractivity (Wildman–Crippen MR) is 94.1 cm³/mol. The van der Waals surface area contributed by atoms with E-state index in [1.54, 1.807) is 14.1 Å². The molecular weight excluding hydrogens is 351 g/mol. The number of hydrogen-bond donors (Lipinski definition) is 2. The number of aliphatic imine (C=N–C) groups is 1. The Balaban J connectivity index is 2.52. The summed E-state index contributed by atoms with van der Waals surface area (Å²) >= 11 is 0. The molecule has 1 amide bonds. The van der Waals surface area contributed by atoms with Gasteiger partial charge in [0, 0.05) is 53.0 Å². The molecule has 1 aliphatic rings. The summed E-state index contributed by atoms with van der Waals surface area (Å²) in [6, 6.07) is -0.134. The van der Waals surface area contributed by atoms with E-state index in [4.69, 9.17) is 4.74 Å². The summed E-state index contributed by atoms with van der Waals surface area (Å²) in [5, 5.41) is 6.25. The van der Waals surface area contributed by atoms with Crippen LogP contribution < -0.4 is 10.6 Å². The predicted octanol–water partition coefficient (Wildman–Crippen LogP) is 0.673. The van der Waals surface area contributed by atoms with Crippen molar-refractivity contribution in [1.29, 1.82) is 0 Å². The molecular formula is C16H30F3N5O2. The first-order chi connectivity index (χ1) is 12.2. The number of guanidine groups is 1. The Bertz CT molecular complexity index is 458. The van der Waals surface area contributed by atoms with E-state index in [2.05, 4.69) is 15.6 Å². The van der Waals surface area contributed by atoms with Crippen LogP contribution in [0.25, 0.3) is 0 Å². The monoisotopic (exact) mass is 381 g/mol. The third kappa shape index (κ3) is 9.81. The van der Waals surface area contributed by atoms with Gasteiger partial charge in [0.15, 0.2) is 5.96 Å². The van der Waals surface area contributed by atoms with Crippen molar-refractivity contribution < 1.29 is 22.7 Å². The number of carbonyl (C=O) groups is 1. The van der Waals surface area contributed by atoms with Crippen molar-refractivity contribution in [2.24, 2.45) is 4.99 Å². The first kappa shape index (κ1) is 22.5. The molecule has 26 heavy (non-hydrogen) atoms. The van der Waals surface area contributed by atoms with E-state index in [1.165, 1.54) is 9.80 Å². The van der Waals surface area contributed by atoms with Crippen molar-refractivity contribution in [3.05, 3.63) is 0 Å². The maximum absolute atomic E-state index is 12.5. The lowest BCUT2D eigenvalue weighted by atomic mass is 10.3. The van der Waals surface area contributed by atoms with Crippen LogP contribution in [0.2, 0.25) is 0 Å². The van der Waals surface area contributed by atoms with Crippen LogP contribution in [0.5, 0.6) is 0 Å². The fourth-order valence-corrected chi connectivity index (χ4v) is 2.51. The highest BCUT2D eigenvalue weighted by molar-refractivity contribution is 5.84. The van der Waals surface area contributed by atoms with Gasteiger partial charge in [-0.25, -0.2) is 4.99 Å². The third-order valence-corrected chi connectivity index (χ3v) is 3.85.